The van der Waals surface area contributed by atoms with E-state index in [0.717, 1.165) is 22.2 Å². The average molecular weight is 552 g/mol. The van der Waals surface area contributed by atoms with Gasteiger partial charge >= 0.3 is 6.18 Å². The SMILES string of the molecule is CC(Oc1cnc2c(ccn2CC(F)(F)F)c1)c1cc(-c2ccc(C(=O)N[C@@H](CO)C(N)=O)c(F)c2)ns1. The average Bonchev–Trinajstić information content (AvgIpc) is 3.49. The van der Waals surface area contributed by atoms with E-state index < -0.39 is 49.1 Å². The Balaban J connectivity index is 1.46. The maximum Gasteiger partial charge on any atom is 0.406 e. The fraction of sp³-hybridized carbons (Fsp3) is 0.250. The summed E-state index contributed by atoms with van der Waals surface area (Å²) in [6.07, 6.45) is -2.22. The highest BCUT2D eigenvalue weighted by molar-refractivity contribution is 7.06. The molecule has 1 unspecified atom stereocenters. The van der Waals surface area contributed by atoms with Crippen molar-refractivity contribution >= 4 is 34.4 Å². The zero-order chi connectivity index (χ0) is 27.6. The Morgan fingerprint density at radius 2 is 2.00 bits per heavy atom. The van der Waals surface area contributed by atoms with E-state index >= 15 is 0 Å². The fourth-order valence-electron chi connectivity index (χ4n) is 3.62. The number of fused-ring (bicyclic) bond motifs is 1. The van der Waals surface area contributed by atoms with E-state index in [4.69, 9.17) is 15.6 Å². The van der Waals surface area contributed by atoms with Crippen molar-refractivity contribution in [2.75, 3.05) is 6.61 Å². The summed E-state index contributed by atoms with van der Waals surface area (Å²) in [5, 5.41) is 11.8. The molecule has 9 nitrogen and oxygen atoms in total. The minimum absolute atomic E-state index is 0.183. The van der Waals surface area contributed by atoms with Gasteiger partial charge in [0.05, 0.1) is 28.9 Å². The van der Waals surface area contributed by atoms with Crippen LogP contribution in [-0.2, 0) is 11.3 Å². The van der Waals surface area contributed by atoms with Crippen LogP contribution in [0.4, 0.5) is 17.6 Å². The Morgan fingerprint density at radius 1 is 1.24 bits per heavy atom. The van der Waals surface area contributed by atoms with Gasteiger partial charge < -0.3 is 25.5 Å². The number of primary amides is 1. The second kappa shape index (κ2) is 10.8. The summed E-state index contributed by atoms with van der Waals surface area (Å²) in [5.41, 5.74) is 5.72. The van der Waals surface area contributed by atoms with Crippen LogP contribution >= 0.6 is 11.5 Å². The number of benzene rings is 1. The standard InChI is InChI=1S/C24H21F4N5O4S/c1-12(37-15-6-14-4-5-33(11-24(26,27)28)22(14)30-9-15)20-8-18(32-38-20)13-2-3-16(17(25)7-13)23(36)31-19(10-34)21(29)35/h2-9,12,19,34H,10-11H2,1H3,(H2,29,35)(H,31,36)/t12?,19-/m0/s1. The van der Waals surface area contributed by atoms with Crippen molar-refractivity contribution in [1.29, 1.82) is 0 Å². The van der Waals surface area contributed by atoms with Gasteiger partial charge in [0.1, 0.15) is 35.9 Å². The molecular formula is C24H21F4N5O4S. The van der Waals surface area contributed by atoms with E-state index in [0.29, 0.717) is 27.3 Å². The zero-order valence-corrected chi connectivity index (χ0v) is 20.5. The topological polar surface area (TPSA) is 132 Å². The van der Waals surface area contributed by atoms with Gasteiger partial charge in [0, 0.05) is 17.1 Å². The number of carbonyl (C=O) groups excluding carboxylic acids is 2. The molecule has 4 aromatic rings. The molecule has 0 aliphatic carbocycles. The Kier molecular flexibility index (Phi) is 7.64. The molecule has 0 aliphatic heterocycles. The number of nitrogens with zero attached hydrogens (tertiary/aromatic N) is 3. The zero-order valence-electron chi connectivity index (χ0n) is 19.7. The Bertz CT molecular complexity index is 1490. The summed E-state index contributed by atoms with van der Waals surface area (Å²) >= 11 is 1.11. The lowest BCUT2D eigenvalue weighted by Gasteiger charge is -2.13. The van der Waals surface area contributed by atoms with Crippen molar-refractivity contribution in [1.82, 2.24) is 19.2 Å². The number of aliphatic hydroxyl groups is 1. The number of hydrogen-bond acceptors (Lipinski definition) is 7. The van der Waals surface area contributed by atoms with Crippen LogP contribution in [0.25, 0.3) is 22.3 Å². The van der Waals surface area contributed by atoms with E-state index in [-0.39, 0.29) is 11.2 Å². The summed E-state index contributed by atoms with van der Waals surface area (Å²) in [4.78, 5) is 28.2. The molecule has 14 heteroatoms. The van der Waals surface area contributed by atoms with Crippen LogP contribution in [-0.4, -0.2) is 49.7 Å². The molecule has 3 aromatic heterocycles. The summed E-state index contributed by atoms with van der Waals surface area (Å²) in [5.74, 6) is -2.38. The Labute approximate surface area is 217 Å². The number of nitrogens with one attached hydrogen (secondary N) is 1. The molecule has 0 radical (unpaired) electrons. The lowest BCUT2D eigenvalue weighted by Crippen LogP contribution is -2.47. The maximum absolute atomic E-state index is 14.7. The normalized spacial score (nSPS) is 13.3. The highest BCUT2D eigenvalue weighted by atomic mass is 32.1. The van der Waals surface area contributed by atoms with Gasteiger partial charge in [0.15, 0.2) is 0 Å². The van der Waals surface area contributed by atoms with Crippen LogP contribution in [0.1, 0.15) is 28.3 Å². The van der Waals surface area contributed by atoms with Crippen LogP contribution in [0.2, 0.25) is 0 Å². The number of halogens is 4. The minimum atomic E-state index is -4.37. The first-order valence-corrected chi connectivity index (χ1v) is 11.9. The van der Waals surface area contributed by atoms with E-state index in [1.807, 2.05) is 0 Å². The van der Waals surface area contributed by atoms with Crippen LogP contribution in [0.3, 0.4) is 0 Å². The van der Waals surface area contributed by atoms with E-state index in [9.17, 15) is 27.2 Å². The third-order valence-corrected chi connectivity index (χ3v) is 6.46. The van der Waals surface area contributed by atoms with Crippen molar-refractivity contribution in [3.63, 3.8) is 0 Å². The van der Waals surface area contributed by atoms with Crippen molar-refractivity contribution < 1.29 is 37.0 Å². The molecule has 3 heterocycles. The van der Waals surface area contributed by atoms with Crippen molar-refractivity contribution in [3.05, 3.63) is 65.0 Å². The first kappa shape index (κ1) is 27.0. The molecular weight excluding hydrogens is 530 g/mol. The Morgan fingerprint density at radius 3 is 2.66 bits per heavy atom. The molecule has 38 heavy (non-hydrogen) atoms. The number of amides is 2. The molecule has 0 saturated heterocycles. The number of aliphatic hydroxyl groups excluding tert-OH is 1. The molecule has 0 saturated carbocycles. The largest absolute Gasteiger partial charge is 0.483 e. The number of carbonyl (C=O) groups is 2. The van der Waals surface area contributed by atoms with Crippen LogP contribution < -0.4 is 15.8 Å². The van der Waals surface area contributed by atoms with Crippen molar-refractivity contribution in [2.45, 2.75) is 31.8 Å². The van der Waals surface area contributed by atoms with Crippen molar-refractivity contribution in [2.24, 2.45) is 5.73 Å². The van der Waals surface area contributed by atoms with Gasteiger partial charge in [0.2, 0.25) is 5.91 Å². The number of alkyl halides is 3. The van der Waals surface area contributed by atoms with Gasteiger partial charge in [-0.3, -0.25) is 9.59 Å². The predicted octanol–water partition coefficient (Wildman–Crippen LogP) is 3.58. The lowest BCUT2D eigenvalue weighted by atomic mass is 10.1. The Hall–Kier alpha value is -4.04. The quantitative estimate of drug-likeness (QED) is 0.273. The monoisotopic (exact) mass is 551 g/mol. The first-order chi connectivity index (χ1) is 17.9. The smallest absolute Gasteiger partial charge is 0.406 e. The number of aromatic nitrogens is 3. The lowest BCUT2D eigenvalue weighted by molar-refractivity contribution is -0.140. The first-order valence-electron chi connectivity index (χ1n) is 11.1. The number of pyridine rings is 1. The summed E-state index contributed by atoms with van der Waals surface area (Å²) in [6, 6.07) is 7.26. The number of rotatable bonds is 9. The summed E-state index contributed by atoms with van der Waals surface area (Å²) < 4.78 is 64.1. The van der Waals surface area contributed by atoms with Gasteiger partial charge in [-0.25, -0.2) is 9.37 Å². The summed E-state index contributed by atoms with van der Waals surface area (Å²) in [6.45, 7) is -0.120. The van der Waals surface area contributed by atoms with Gasteiger partial charge in [0.25, 0.3) is 5.91 Å². The predicted molar refractivity (Wildman–Crippen MR) is 130 cm³/mol. The summed E-state index contributed by atoms with van der Waals surface area (Å²) in [7, 11) is 0. The molecule has 1 aromatic carbocycles. The maximum atomic E-state index is 14.7. The van der Waals surface area contributed by atoms with Gasteiger partial charge in [-0.15, -0.1) is 0 Å². The number of ether oxygens (including phenoxy) is 1. The van der Waals surface area contributed by atoms with E-state index in [1.165, 1.54) is 30.6 Å². The molecule has 0 bridgehead atoms. The molecule has 200 valence electrons. The molecule has 0 aliphatic rings. The van der Waals surface area contributed by atoms with Gasteiger partial charge in [-0.1, -0.05) is 6.07 Å². The van der Waals surface area contributed by atoms with Crippen LogP contribution in [0, 0.1) is 5.82 Å². The van der Waals surface area contributed by atoms with E-state index in [2.05, 4.69) is 14.7 Å². The highest BCUT2D eigenvalue weighted by Crippen LogP contribution is 2.31. The third-order valence-electron chi connectivity index (χ3n) is 5.51. The van der Waals surface area contributed by atoms with Crippen LogP contribution in [0.15, 0.2) is 48.8 Å². The third kappa shape index (κ3) is 6.08. The van der Waals surface area contributed by atoms with Crippen molar-refractivity contribution in [3.8, 4) is 17.0 Å². The number of hydrogen-bond donors (Lipinski definition) is 3. The fourth-order valence-corrected chi connectivity index (χ4v) is 4.35. The van der Waals surface area contributed by atoms with Gasteiger partial charge in [-0.2, -0.15) is 17.5 Å². The molecule has 0 spiro atoms. The number of nitrogens with two attached hydrogens (primary N) is 1. The van der Waals surface area contributed by atoms with Gasteiger partial charge in [-0.05, 0) is 48.8 Å². The van der Waals surface area contributed by atoms with Crippen LogP contribution in [0.5, 0.6) is 5.75 Å². The molecule has 2 atom stereocenters. The minimum Gasteiger partial charge on any atom is -0.483 e. The van der Waals surface area contributed by atoms with E-state index in [1.54, 1.807) is 19.1 Å². The molecule has 4 N–H and O–H groups in total. The molecule has 0 fully saturated rings. The second-order valence-corrected chi connectivity index (χ2v) is 9.16. The molecule has 2 amide bonds. The highest BCUT2D eigenvalue weighted by Gasteiger charge is 2.28. The molecule has 4 rings (SSSR count). The second-order valence-electron chi connectivity index (χ2n) is 8.32.